The van der Waals surface area contributed by atoms with Crippen molar-refractivity contribution in [3.8, 4) is 11.1 Å². The van der Waals surface area contributed by atoms with E-state index in [1.165, 1.54) is 22.0 Å². The highest BCUT2D eigenvalue weighted by Gasteiger charge is 2.32. The minimum absolute atomic E-state index is 0.0646. The zero-order valence-corrected chi connectivity index (χ0v) is 15.4. The number of pyridine rings is 1. The summed E-state index contributed by atoms with van der Waals surface area (Å²) in [6.07, 6.45) is -5.60. The number of nitrogens with one attached hydrogen (secondary N) is 1. The van der Waals surface area contributed by atoms with Crippen molar-refractivity contribution in [3.05, 3.63) is 68.3 Å². The Morgan fingerprint density at radius 1 is 1.24 bits per heavy atom. The van der Waals surface area contributed by atoms with Gasteiger partial charge in [0.15, 0.2) is 0 Å². The average Bonchev–Trinajstić information content (AvgIpc) is 3.27. The molecule has 3 aromatic heterocycles. The molecule has 0 fully saturated rings. The first-order valence-electron chi connectivity index (χ1n) is 8.17. The van der Waals surface area contributed by atoms with Crippen LogP contribution in [0.3, 0.4) is 0 Å². The summed E-state index contributed by atoms with van der Waals surface area (Å²) in [6.45, 7) is -0.303. The van der Waals surface area contributed by atoms with Gasteiger partial charge in [0.05, 0.1) is 6.54 Å². The van der Waals surface area contributed by atoms with Gasteiger partial charge in [0, 0.05) is 35.2 Å². The van der Waals surface area contributed by atoms with Crippen molar-refractivity contribution in [1.29, 1.82) is 0 Å². The summed E-state index contributed by atoms with van der Waals surface area (Å²) in [5.41, 5.74) is 4.52. The number of aromatic amines is 1. The number of nitrogens with two attached hydrogens (primary N) is 1. The molecule has 3 rings (SSSR count). The molecule has 0 spiro atoms. The highest BCUT2D eigenvalue weighted by molar-refractivity contribution is 7.10. The molecule has 0 saturated heterocycles. The lowest BCUT2D eigenvalue weighted by Gasteiger charge is -2.06. The van der Waals surface area contributed by atoms with E-state index in [9.17, 15) is 26.7 Å². The minimum atomic E-state index is -4.52. The summed E-state index contributed by atoms with van der Waals surface area (Å²) in [4.78, 5) is 16.1. The fraction of sp³-hybridized carbons (Fsp3) is 0.235. The predicted molar refractivity (Wildman–Crippen MR) is 96.5 cm³/mol. The molecule has 0 atom stereocenters. The largest absolute Gasteiger partial charge is 0.433 e. The summed E-state index contributed by atoms with van der Waals surface area (Å²) in [5, 5.41) is 7.70. The molecule has 0 unspecified atom stereocenters. The third-order valence-electron chi connectivity index (χ3n) is 4.08. The Labute approximate surface area is 164 Å². The number of hydrogen-bond acceptors (Lipinski definition) is 5. The van der Waals surface area contributed by atoms with Crippen molar-refractivity contribution in [2.45, 2.75) is 19.1 Å². The molecule has 29 heavy (non-hydrogen) atoms. The maximum atomic E-state index is 12.8. The Morgan fingerprint density at radius 3 is 2.59 bits per heavy atom. The SMILES string of the molecule is NCC(Cc1n[nH]c(=O)n1Cc1cc(-c2ccc(C(F)(F)F)nc2)cs1)=C(F)F. The van der Waals surface area contributed by atoms with Crippen molar-refractivity contribution < 1.29 is 22.0 Å². The van der Waals surface area contributed by atoms with Gasteiger partial charge in [0.1, 0.15) is 11.5 Å². The maximum Gasteiger partial charge on any atom is 0.433 e. The first kappa shape index (κ1) is 20.9. The molecular weight excluding hydrogens is 417 g/mol. The molecule has 0 amide bonds. The molecule has 3 aromatic rings. The number of aromatic nitrogens is 4. The molecule has 3 heterocycles. The van der Waals surface area contributed by atoms with Crippen molar-refractivity contribution in [1.82, 2.24) is 19.7 Å². The van der Waals surface area contributed by atoms with Gasteiger partial charge in [-0.1, -0.05) is 6.07 Å². The van der Waals surface area contributed by atoms with Gasteiger partial charge in [-0.05, 0) is 23.1 Å². The predicted octanol–water partition coefficient (Wildman–Crippen LogP) is 3.41. The molecule has 3 N–H and O–H groups in total. The van der Waals surface area contributed by atoms with Crippen LogP contribution >= 0.6 is 11.3 Å². The van der Waals surface area contributed by atoms with E-state index in [0.717, 1.165) is 12.3 Å². The Kier molecular flexibility index (Phi) is 5.94. The van der Waals surface area contributed by atoms with Gasteiger partial charge in [-0.2, -0.15) is 27.1 Å². The molecule has 12 heteroatoms. The fourth-order valence-corrected chi connectivity index (χ4v) is 3.44. The second-order valence-electron chi connectivity index (χ2n) is 6.01. The number of halogens is 5. The summed E-state index contributed by atoms with van der Waals surface area (Å²) in [7, 11) is 0. The van der Waals surface area contributed by atoms with Crippen LogP contribution in [0.4, 0.5) is 22.0 Å². The van der Waals surface area contributed by atoms with Crippen LogP contribution in [0, 0.1) is 0 Å². The second-order valence-corrected chi connectivity index (χ2v) is 7.00. The molecule has 0 bridgehead atoms. The van der Waals surface area contributed by atoms with Crippen LogP contribution < -0.4 is 11.4 Å². The second kappa shape index (κ2) is 8.25. The number of H-pyrrole nitrogens is 1. The number of hydrogen-bond donors (Lipinski definition) is 2. The van der Waals surface area contributed by atoms with E-state index < -0.39 is 23.6 Å². The Morgan fingerprint density at radius 2 is 2.00 bits per heavy atom. The van der Waals surface area contributed by atoms with Crippen LogP contribution in [-0.2, 0) is 19.1 Å². The van der Waals surface area contributed by atoms with Crippen molar-refractivity contribution in [2.75, 3.05) is 6.54 Å². The van der Waals surface area contributed by atoms with E-state index >= 15 is 0 Å². The normalized spacial score (nSPS) is 11.7. The van der Waals surface area contributed by atoms with Crippen molar-refractivity contribution >= 4 is 11.3 Å². The average molecular weight is 431 g/mol. The monoisotopic (exact) mass is 431 g/mol. The van der Waals surface area contributed by atoms with Crippen LogP contribution in [0.5, 0.6) is 0 Å². The Hall–Kier alpha value is -2.86. The first-order valence-corrected chi connectivity index (χ1v) is 9.05. The molecule has 0 aromatic carbocycles. The molecule has 6 nitrogen and oxygen atoms in total. The smallest absolute Gasteiger partial charge is 0.327 e. The van der Waals surface area contributed by atoms with E-state index in [1.807, 2.05) is 0 Å². The van der Waals surface area contributed by atoms with Crippen LogP contribution in [-0.4, -0.2) is 26.3 Å². The van der Waals surface area contributed by atoms with Crippen LogP contribution in [0.25, 0.3) is 11.1 Å². The zero-order chi connectivity index (χ0) is 21.2. The van der Waals surface area contributed by atoms with Gasteiger partial charge < -0.3 is 5.73 Å². The Bertz CT molecular complexity index is 1080. The van der Waals surface area contributed by atoms with E-state index in [2.05, 4.69) is 15.2 Å². The van der Waals surface area contributed by atoms with Crippen molar-refractivity contribution in [3.63, 3.8) is 0 Å². The van der Waals surface area contributed by atoms with E-state index in [0.29, 0.717) is 16.0 Å². The molecule has 0 aliphatic carbocycles. The molecule has 0 saturated carbocycles. The quantitative estimate of drug-likeness (QED) is 0.586. The molecular formula is C17H14F5N5OS. The van der Waals surface area contributed by atoms with E-state index in [1.54, 1.807) is 11.4 Å². The lowest BCUT2D eigenvalue weighted by Crippen LogP contribution is -2.20. The number of thiophene rings is 1. The minimum Gasteiger partial charge on any atom is -0.327 e. The van der Waals surface area contributed by atoms with Gasteiger partial charge in [0.2, 0.25) is 0 Å². The summed E-state index contributed by atoms with van der Waals surface area (Å²) < 4.78 is 64.8. The topological polar surface area (TPSA) is 89.6 Å². The lowest BCUT2D eigenvalue weighted by molar-refractivity contribution is -0.141. The van der Waals surface area contributed by atoms with Gasteiger partial charge in [-0.25, -0.2) is 9.89 Å². The number of alkyl halides is 3. The summed E-state index contributed by atoms with van der Waals surface area (Å²) >= 11 is 1.26. The van der Waals surface area contributed by atoms with Crippen LogP contribution in [0.2, 0.25) is 0 Å². The summed E-state index contributed by atoms with van der Waals surface area (Å²) in [6, 6.07) is 3.88. The Balaban J connectivity index is 1.82. The first-order chi connectivity index (χ1) is 13.7. The van der Waals surface area contributed by atoms with Gasteiger partial charge in [-0.3, -0.25) is 9.55 Å². The highest BCUT2D eigenvalue weighted by atomic mass is 32.1. The third kappa shape index (κ3) is 4.77. The zero-order valence-electron chi connectivity index (χ0n) is 14.6. The lowest BCUT2D eigenvalue weighted by atomic mass is 10.1. The molecule has 0 radical (unpaired) electrons. The summed E-state index contributed by atoms with van der Waals surface area (Å²) in [5.74, 6) is 0.106. The molecule has 0 aliphatic heterocycles. The standard InChI is InChI=1S/C17H14F5N5OS/c18-15(19)10(5-23)4-14-25-26-16(28)27(14)7-12-3-11(8-29-12)9-1-2-13(24-6-9)17(20,21)22/h1-3,6,8H,4-5,7,23H2,(H,26,28). The van der Waals surface area contributed by atoms with Gasteiger partial charge in [0.25, 0.3) is 6.08 Å². The number of nitrogens with zero attached hydrogens (tertiary/aromatic N) is 3. The third-order valence-corrected chi connectivity index (χ3v) is 5.00. The number of rotatable bonds is 6. The van der Waals surface area contributed by atoms with Gasteiger partial charge >= 0.3 is 11.9 Å². The van der Waals surface area contributed by atoms with Crippen LogP contribution in [0.1, 0.15) is 16.4 Å². The fourth-order valence-electron chi connectivity index (χ4n) is 2.56. The highest BCUT2D eigenvalue weighted by Crippen LogP contribution is 2.30. The van der Waals surface area contributed by atoms with Gasteiger partial charge in [-0.15, -0.1) is 11.3 Å². The maximum absolute atomic E-state index is 12.8. The van der Waals surface area contributed by atoms with E-state index in [4.69, 9.17) is 5.73 Å². The molecule has 154 valence electrons. The molecule has 0 aliphatic rings. The van der Waals surface area contributed by atoms with E-state index in [-0.39, 0.29) is 30.9 Å². The van der Waals surface area contributed by atoms with Crippen LogP contribution in [0.15, 0.2) is 46.2 Å². The van der Waals surface area contributed by atoms with Crippen molar-refractivity contribution in [2.24, 2.45) is 5.73 Å².